The summed E-state index contributed by atoms with van der Waals surface area (Å²) in [6.45, 7) is 1.93. The Balaban J connectivity index is 2.09. The summed E-state index contributed by atoms with van der Waals surface area (Å²) >= 11 is 5.82. The first-order valence-corrected chi connectivity index (χ1v) is 5.40. The molecule has 0 spiro atoms. The van der Waals surface area contributed by atoms with E-state index in [1.54, 1.807) is 0 Å². The Labute approximate surface area is 92.4 Å². The lowest BCUT2D eigenvalue weighted by atomic mass is 10.2. The molecule has 6 heteroatoms. The van der Waals surface area contributed by atoms with Gasteiger partial charge in [-0.1, -0.05) is 18.0 Å². The minimum absolute atomic E-state index is 0.114. The van der Waals surface area contributed by atoms with Gasteiger partial charge in [0.1, 0.15) is 5.02 Å². The molecule has 1 aliphatic heterocycles. The number of nitrogens with one attached hydrogen (secondary N) is 2. The van der Waals surface area contributed by atoms with Crippen molar-refractivity contribution in [2.75, 3.05) is 18.5 Å². The van der Waals surface area contributed by atoms with Gasteiger partial charge in [-0.05, 0) is 12.8 Å². The summed E-state index contributed by atoms with van der Waals surface area (Å²) < 4.78 is 0. The maximum absolute atomic E-state index is 11.2. The van der Waals surface area contributed by atoms with E-state index in [4.69, 9.17) is 11.6 Å². The number of aromatic amines is 1. The monoisotopic (exact) mass is 228 g/mol. The van der Waals surface area contributed by atoms with E-state index in [2.05, 4.69) is 15.4 Å². The Morgan fingerprint density at radius 2 is 2.13 bits per heavy atom. The third-order valence-corrected chi connectivity index (χ3v) is 2.77. The molecule has 1 saturated heterocycles. The number of hydrogen-bond acceptors (Lipinski definition) is 4. The van der Waals surface area contributed by atoms with Gasteiger partial charge in [-0.15, -0.1) is 0 Å². The number of halogens is 1. The lowest BCUT2D eigenvalue weighted by molar-refractivity contribution is 0.272. The van der Waals surface area contributed by atoms with Crippen molar-refractivity contribution in [3.8, 4) is 0 Å². The van der Waals surface area contributed by atoms with Crippen LogP contribution < -0.4 is 11.0 Å². The maximum atomic E-state index is 11.2. The molecular formula is C9H13ClN4O. The molecule has 0 aromatic carbocycles. The van der Waals surface area contributed by atoms with Crippen LogP contribution in [0.2, 0.25) is 5.02 Å². The summed E-state index contributed by atoms with van der Waals surface area (Å²) in [6.07, 6.45) is 4.93. The number of piperidine rings is 1. The fourth-order valence-corrected chi connectivity index (χ4v) is 1.76. The number of hydrogen-bond donors (Lipinski definition) is 2. The Morgan fingerprint density at radius 3 is 2.87 bits per heavy atom. The smallest absolute Gasteiger partial charge is 0.271 e. The predicted octanol–water partition coefficient (Wildman–Crippen LogP) is 1.24. The van der Waals surface area contributed by atoms with E-state index in [0.29, 0.717) is 5.82 Å². The third-order valence-electron chi connectivity index (χ3n) is 2.42. The van der Waals surface area contributed by atoms with Gasteiger partial charge in [0.2, 0.25) is 0 Å². The fourth-order valence-electron chi connectivity index (χ4n) is 1.62. The van der Waals surface area contributed by atoms with Crippen LogP contribution in [0.4, 0.5) is 5.82 Å². The molecule has 2 N–H and O–H groups in total. The van der Waals surface area contributed by atoms with Crippen molar-refractivity contribution in [1.82, 2.24) is 15.0 Å². The highest BCUT2D eigenvalue weighted by atomic mass is 35.5. The molecule has 1 aromatic rings. The molecule has 0 unspecified atom stereocenters. The van der Waals surface area contributed by atoms with Crippen molar-refractivity contribution in [3.63, 3.8) is 0 Å². The van der Waals surface area contributed by atoms with E-state index >= 15 is 0 Å². The lowest BCUT2D eigenvalue weighted by Gasteiger charge is -2.27. The molecule has 0 saturated carbocycles. The number of anilines is 1. The zero-order chi connectivity index (χ0) is 10.7. The van der Waals surface area contributed by atoms with Gasteiger partial charge in [0.05, 0.1) is 6.33 Å². The van der Waals surface area contributed by atoms with Crippen LogP contribution in [0.25, 0.3) is 0 Å². The van der Waals surface area contributed by atoms with E-state index in [0.717, 1.165) is 25.9 Å². The second kappa shape index (κ2) is 4.63. The molecule has 0 amide bonds. The van der Waals surface area contributed by atoms with Crippen LogP contribution >= 0.6 is 11.6 Å². The minimum atomic E-state index is -0.314. The van der Waals surface area contributed by atoms with Crippen molar-refractivity contribution in [3.05, 3.63) is 21.7 Å². The Bertz CT molecular complexity index is 386. The van der Waals surface area contributed by atoms with E-state index in [-0.39, 0.29) is 10.6 Å². The van der Waals surface area contributed by atoms with Crippen LogP contribution in [0.5, 0.6) is 0 Å². The van der Waals surface area contributed by atoms with Crippen LogP contribution in [0, 0.1) is 0 Å². The second-order valence-electron chi connectivity index (χ2n) is 3.55. The summed E-state index contributed by atoms with van der Waals surface area (Å²) in [7, 11) is 0. The minimum Gasteiger partial charge on any atom is -0.312 e. The first kappa shape index (κ1) is 10.4. The Kier molecular flexibility index (Phi) is 3.23. The maximum Gasteiger partial charge on any atom is 0.271 e. The quantitative estimate of drug-likeness (QED) is 0.800. The van der Waals surface area contributed by atoms with E-state index in [1.165, 1.54) is 12.7 Å². The molecular weight excluding hydrogens is 216 g/mol. The van der Waals surface area contributed by atoms with E-state index in [9.17, 15) is 4.79 Å². The molecule has 2 heterocycles. The molecule has 0 radical (unpaired) electrons. The molecule has 0 aliphatic carbocycles. The Hall–Kier alpha value is -1.07. The highest BCUT2D eigenvalue weighted by Gasteiger charge is 2.12. The zero-order valence-corrected chi connectivity index (χ0v) is 9.05. The number of H-pyrrole nitrogens is 1. The Morgan fingerprint density at radius 1 is 1.40 bits per heavy atom. The number of aromatic nitrogens is 2. The largest absolute Gasteiger partial charge is 0.312 e. The molecule has 0 atom stereocenters. The highest BCUT2D eigenvalue weighted by molar-refractivity contribution is 6.32. The molecule has 15 heavy (non-hydrogen) atoms. The SMILES string of the molecule is O=c1[nH]cnc(NN2CCCCC2)c1Cl. The van der Waals surface area contributed by atoms with Crippen molar-refractivity contribution >= 4 is 17.4 Å². The van der Waals surface area contributed by atoms with Crippen molar-refractivity contribution in [2.45, 2.75) is 19.3 Å². The average Bonchev–Trinajstić information content (AvgIpc) is 2.26. The van der Waals surface area contributed by atoms with Gasteiger partial charge in [-0.25, -0.2) is 9.99 Å². The highest BCUT2D eigenvalue weighted by Crippen LogP contribution is 2.15. The van der Waals surface area contributed by atoms with Gasteiger partial charge in [0.15, 0.2) is 5.82 Å². The van der Waals surface area contributed by atoms with Crippen LogP contribution in [-0.4, -0.2) is 28.1 Å². The van der Waals surface area contributed by atoms with Crippen molar-refractivity contribution in [2.24, 2.45) is 0 Å². The number of rotatable bonds is 2. The second-order valence-corrected chi connectivity index (χ2v) is 3.93. The van der Waals surface area contributed by atoms with Crippen molar-refractivity contribution in [1.29, 1.82) is 0 Å². The topological polar surface area (TPSA) is 61.0 Å². The summed E-state index contributed by atoms with van der Waals surface area (Å²) in [5, 5.41) is 2.15. The summed E-state index contributed by atoms with van der Waals surface area (Å²) in [6, 6.07) is 0. The van der Waals surface area contributed by atoms with Gasteiger partial charge in [0.25, 0.3) is 5.56 Å². The van der Waals surface area contributed by atoms with Crippen LogP contribution in [0.15, 0.2) is 11.1 Å². The average molecular weight is 229 g/mol. The summed E-state index contributed by atoms with van der Waals surface area (Å²) in [4.78, 5) is 17.6. The molecule has 0 bridgehead atoms. The van der Waals surface area contributed by atoms with Gasteiger partial charge in [-0.3, -0.25) is 4.79 Å². The molecule has 1 aromatic heterocycles. The van der Waals surface area contributed by atoms with Crippen LogP contribution in [-0.2, 0) is 0 Å². The number of hydrazine groups is 1. The molecule has 82 valence electrons. The molecule has 2 rings (SSSR count). The molecule has 1 aliphatic rings. The van der Waals surface area contributed by atoms with Gasteiger partial charge in [0, 0.05) is 13.1 Å². The predicted molar refractivity (Wildman–Crippen MR) is 58.9 cm³/mol. The van der Waals surface area contributed by atoms with Crippen molar-refractivity contribution < 1.29 is 0 Å². The van der Waals surface area contributed by atoms with Crippen LogP contribution in [0.3, 0.4) is 0 Å². The number of nitrogens with zero attached hydrogens (tertiary/aromatic N) is 2. The summed E-state index contributed by atoms with van der Waals surface area (Å²) in [5.74, 6) is 0.433. The van der Waals surface area contributed by atoms with Gasteiger partial charge < -0.3 is 10.4 Å². The fraction of sp³-hybridized carbons (Fsp3) is 0.556. The third kappa shape index (κ3) is 2.49. The summed E-state index contributed by atoms with van der Waals surface area (Å²) in [5.41, 5.74) is 2.75. The normalized spacial score (nSPS) is 17.7. The van der Waals surface area contributed by atoms with Crippen LogP contribution in [0.1, 0.15) is 19.3 Å². The zero-order valence-electron chi connectivity index (χ0n) is 8.29. The standard InChI is InChI=1S/C9H13ClN4O/c10-7-8(11-6-12-9(7)15)13-14-4-2-1-3-5-14/h6H,1-5H2,(H2,11,12,13,15). The van der Waals surface area contributed by atoms with Gasteiger partial charge >= 0.3 is 0 Å². The first-order valence-electron chi connectivity index (χ1n) is 5.02. The van der Waals surface area contributed by atoms with Gasteiger partial charge in [-0.2, -0.15) is 0 Å². The lowest BCUT2D eigenvalue weighted by Crippen LogP contribution is -2.35. The first-order chi connectivity index (χ1) is 7.27. The molecule has 5 nitrogen and oxygen atoms in total. The van der Waals surface area contributed by atoms with E-state index < -0.39 is 0 Å². The van der Waals surface area contributed by atoms with E-state index in [1.807, 2.05) is 5.01 Å². The molecule has 1 fully saturated rings.